The van der Waals surface area contributed by atoms with Crippen molar-refractivity contribution in [2.75, 3.05) is 13.6 Å². The minimum absolute atomic E-state index is 0.0874. The lowest BCUT2D eigenvalue weighted by Gasteiger charge is -2.30. The van der Waals surface area contributed by atoms with Crippen molar-refractivity contribution in [1.82, 2.24) is 10.2 Å². The van der Waals surface area contributed by atoms with Crippen molar-refractivity contribution in [1.29, 1.82) is 0 Å². The van der Waals surface area contributed by atoms with E-state index in [0.717, 1.165) is 12.0 Å². The fourth-order valence-corrected chi connectivity index (χ4v) is 2.55. The van der Waals surface area contributed by atoms with E-state index in [1.165, 1.54) is 11.9 Å². The molecule has 0 saturated carbocycles. The number of benzene rings is 1. The zero-order valence-electron chi connectivity index (χ0n) is 15.2. The van der Waals surface area contributed by atoms with E-state index in [4.69, 9.17) is 0 Å². The smallest absolute Gasteiger partial charge is 0.290 e. The van der Waals surface area contributed by atoms with E-state index in [0.29, 0.717) is 6.54 Å². The van der Waals surface area contributed by atoms with Gasteiger partial charge in [-0.25, -0.2) is 0 Å². The molecule has 1 aromatic carbocycles. The summed E-state index contributed by atoms with van der Waals surface area (Å²) in [5.74, 6) is -1.78. The van der Waals surface area contributed by atoms with E-state index < -0.39 is 17.7 Å². The molecule has 2 amide bonds. The Labute approximate surface area is 144 Å². The summed E-state index contributed by atoms with van der Waals surface area (Å²) < 4.78 is 0. The lowest BCUT2D eigenvalue weighted by atomic mass is 10.00. The fraction of sp³-hybridized carbons (Fsp3) is 0.526. The van der Waals surface area contributed by atoms with Crippen molar-refractivity contribution >= 4 is 17.6 Å². The summed E-state index contributed by atoms with van der Waals surface area (Å²) in [7, 11) is 1.52. The molecule has 0 unspecified atom stereocenters. The highest BCUT2D eigenvalue weighted by Gasteiger charge is 2.33. The summed E-state index contributed by atoms with van der Waals surface area (Å²) in [5.41, 5.74) is 1.14. The summed E-state index contributed by atoms with van der Waals surface area (Å²) in [6, 6.07) is 9.21. The van der Waals surface area contributed by atoms with E-state index in [-0.39, 0.29) is 17.7 Å². The predicted octanol–water partition coefficient (Wildman–Crippen LogP) is 2.05. The zero-order valence-corrected chi connectivity index (χ0v) is 15.2. The number of nitrogens with zero attached hydrogens (tertiary/aromatic N) is 1. The van der Waals surface area contributed by atoms with Crippen LogP contribution in [-0.4, -0.2) is 42.1 Å². The van der Waals surface area contributed by atoms with Crippen molar-refractivity contribution in [3.8, 4) is 0 Å². The first-order chi connectivity index (χ1) is 11.3. The van der Waals surface area contributed by atoms with E-state index in [9.17, 15) is 14.4 Å². The van der Waals surface area contributed by atoms with E-state index in [1.807, 2.05) is 44.2 Å². The number of ketones is 1. The number of hydrogen-bond acceptors (Lipinski definition) is 3. The van der Waals surface area contributed by atoms with Gasteiger partial charge in [-0.05, 0) is 17.9 Å². The molecule has 0 fully saturated rings. The molecule has 0 radical (unpaired) electrons. The van der Waals surface area contributed by atoms with Crippen molar-refractivity contribution in [2.45, 2.75) is 40.2 Å². The maximum atomic E-state index is 12.5. The Morgan fingerprint density at radius 3 is 2.12 bits per heavy atom. The van der Waals surface area contributed by atoms with E-state index >= 15 is 0 Å². The van der Waals surface area contributed by atoms with Crippen molar-refractivity contribution in [3.63, 3.8) is 0 Å². The molecule has 0 heterocycles. The minimum Gasteiger partial charge on any atom is -0.354 e. The van der Waals surface area contributed by atoms with Crippen LogP contribution >= 0.6 is 0 Å². The first-order valence-electron chi connectivity index (χ1n) is 8.38. The lowest BCUT2D eigenvalue weighted by Crippen LogP contribution is -2.53. The molecule has 1 atom stereocenters. The van der Waals surface area contributed by atoms with Crippen molar-refractivity contribution in [2.24, 2.45) is 11.8 Å². The highest BCUT2D eigenvalue weighted by atomic mass is 16.2. The summed E-state index contributed by atoms with van der Waals surface area (Å²) in [5, 5.41) is 2.87. The Morgan fingerprint density at radius 1 is 1.04 bits per heavy atom. The number of nitrogens with one attached hydrogen (secondary N) is 1. The predicted molar refractivity (Wildman–Crippen MR) is 94.4 cm³/mol. The normalized spacial score (nSPS) is 12.1. The second kappa shape index (κ2) is 9.21. The monoisotopic (exact) mass is 332 g/mol. The maximum Gasteiger partial charge on any atom is 0.290 e. The van der Waals surface area contributed by atoms with Gasteiger partial charge in [0.15, 0.2) is 0 Å². The topological polar surface area (TPSA) is 66.5 Å². The number of carbonyl (C=O) groups is 3. The molecule has 24 heavy (non-hydrogen) atoms. The average molecular weight is 332 g/mol. The Hall–Kier alpha value is -2.17. The molecule has 5 nitrogen and oxygen atoms in total. The van der Waals surface area contributed by atoms with Crippen LogP contribution in [0.25, 0.3) is 0 Å². The van der Waals surface area contributed by atoms with Crippen LogP contribution in [0.2, 0.25) is 0 Å². The van der Waals surface area contributed by atoms with Gasteiger partial charge in [-0.3, -0.25) is 14.4 Å². The van der Waals surface area contributed by atoms with Gasteiger partial charge in [0.2, 0.25) is 11.7 Å². The quantitative estimate of drug-likeness (QED) is 0.741. The minimum atomic E-state index is -0.657. The summed E-state index contributed by atoms with van der Waals surface area (Å²) in [4.78, 5) is 37.9. The number of hydrogen-bond donors (Lipinski definition) is 1. The molecule has 132 valence electrons. The maximum absolute atomic E-state index is 12.5. The number of rotatable bonds is 8. The van der Waals surface area contributed by atoms with Gasteiger partial charge in [-0.2, -0.15) is 0 Å². The van der Waals surface area contributed by atoms with Crippen LogP contribution in [0, 0.1) is 11.8 Å². The molecule has 0 aromatic heterocycles. The summed E-state index contributed by atoms with van der Waals surface area (Å²) in [6.45, 7) is 7.58. The van der Waals surface area contributed by atoms with Gasteiger partial charge in [0, 0.05) is 19.5 Å². The molecule has 0 aliphatic heterocycles. The molecule has 1 N–H and O–H groups in total. The van der Waals surface area contributed by atoms with Crippen LogP contribution in [0.1, 0.15) is 33.3 Å². The van der Waals surface area contributed by atoms with Crippen LogP contribution in [-0.2, 0) is 20.8 Å². The molecule has 1 rings (SSSR count). The third-order valence-corrected chi connectivity index (χ3v) is 3.93. The summed E-state index contributed by atoms with van der Waals surface area (Å²) >= 11 is 0. The molecule has 0 aliphatic carbocycles. The SMILES string of the molecule is CC(C)C(=O)C(=O)N(C)[C@H](C(=O)NCCc1ccccc1)C(C)C. The van der Waals surface area contributed by atoms with Gasteiger partial charge in [0.1, 0.15) is 6.04 Å². The molecule has 0 bridgehead atoms. The lowest BCUT2D eigenvalue weighted by molar-refractivity contribution is -0.149. The molecule has 0 aliphatic rings. The van der Waals surface area contributed by atoms with Crippen LogP contribution in [0.15, 0.2) is 30.3 Å². The summed E-state index contributed by atoms with van der Waals surface area (Å²) in [6.07, 6.45) is 0.722. The van der Waals surface area contributed by atoms with Gasteiger partial charge in [-0.15, -0.1) is 0 Å². The van der Waals surface area contributed by atoms with E-state index in [2.05, 4.69) is 5.32 Å². The number of likely N-dealkylation sites (N-methyl/N-ethyl adjacent to an activating group) is 1. The first kappa shape index (κ1) is 19.9. The second-order valence-electron chi connectivity index (χ2n) is 6.65. The Morgan fingerprint density at radius 2 is 1.62 bits per heavy atom. The number of amides is 2. The van der Waals surface area contributed by atoms with Gasteiger partial charge in [-0.1, -0.05) is 58.0 Å². The molecule has 5 heteroatoms. The third-order valence-electron chi connectivity index (χ3n) is 3.93. The van der Waals surface area contributed by atoms with Crippen LogP contribution in [0.3, 0.4) is 0 Å². The molecule has 1 aromatic rings. The van der Waals surface area contributed by atoms with Crippen LogP contribution in [0.4, 0.5) is 0 Å². The van der Waals surface area contributed by atoms with Crippen LogP contribution < -0.4 is 5.32 Å². The standard InChI is InChI=1S/C19H28N2O3/c1-13(2)16(21(5)19(24)17(22)14(3)4)18(23)20-12-11-15-9-7-6-8-10-15/h6-10,13-14,16H,11-12H2,1-5H3,(H,20,23)/t16-/m0/s1. The number of Topliss-reactive ketones (excluding diaryl/α,β-unsaturated/α-hetero) is 1. The second-order valence-corrected chi connectivity index (χ2v) is 6.65. The van der Waals surface area contributed by atoms with Crippen LogP contribution in [0.5, 0.6) is 0 Å². The Balaban J connectivity index is 2.68. The molecular weight excluding hydrogens is 304 g/mol. The largest absolute Gasteiger partial charge is 0.354 e. The molecular formula is C19H28N2O3. The first-order valence-corrected chi connectivity index (χ1v) is 8.38. The van der Waals surface area contributed by atoms with Gasteiger partial charge in [0.05, 0.1) is 0 Å². The Kier molecular flexibility index (Phi) is 7.62. The van der Waals surface area contributed by atoms with Crippen molar-refractivity contribution < 1.29 is 14.4 Å². The fourth-order valence-electron chi connectivity index (χ4n) is 2.55. The third kappa shape index (κ3) is 5.48. The number of carbonyl (C=O) groups excluding carboxylic acids is 3. The highest BCUT2D eigenvalue weighted by Crippen LogP contribution is 2.12. The molecule has 0 spiro atoms. The van der Waals surface area contributed by atoms with Gasteiger partial charge in [0.25, 0.3) is 5.91 Å². The zero-order chi connectivity index (χ0) is 18.3. The van der Waals surface area contributed by atoms with Crippen molar-refractivity contribution in [3.05, 3.63) is 35.9 Å². The molecule has 0 saturated heterocycles. The average Bonchev–Trinajstić information content (AvgIpc) is 2.54. The van der Waals surface area contributed by atoms with Gasteiger partial charge >= 0.3 is 0 Å². The van der Waals surface area contributed by atoms with E-state index in [1.54, 1.807) is 13.8 Å². The Bertz CT molecular complexity index is 567. The van der Waals surface area contributed by atoms with Gasteiger partial charge < -0.3 is 10.2 Å². The highest BCUT2D eigenvalue weighted by molar-refractivity contribution is 6.37.